The molecule has 0 saturated carbocycles. The lowest BCUT2D eigenvalue weighted by atomic mass is 10.00. The van der Waals surface area contributed by atoms with Crippen molar-refractivity contribution in [1.82, 2.24) is 0 Å². The number of carboxylic acid groups (broad SMARTS) is 1. The van der Waals surface area contributed by atoms with Crippen LogP contribution in [0.5, 0.6) is 5.75 Å². The van der Waals surface area contributed by atoms with E-state index in [4.69, 9.17) is 9.84 Å². The number of carboxylic acids is 1. The molecule has 0 saturated heterocycles. The molecule has 0 spiro atoms. The fraction of sp³-hybridized carbons (Fsp3) is 0.192. The predicted octanol–water partition coefficient (Wildman–Crippen LogP) is 5.76. The highest BCUT2D eigenvalue weighted by molar-refractivity contribution is 5.79. The smallest absolute Gasteiger partial charge is 0.303 e. The summed E-state index contributed by atoms with van der Waals surface area (Å²) in [7, 11) is 0. The Morgan fingerprint density at radius 3 is 2.55 bits per heavy atom. The molecule has 3 heteroatoms. The average Bonchev–Trinajstić information content (AvgIpc) is 3.11. The SMILES string of the molecule is C/C(=C\COc1ccc(CCC(=O)O)cc1)c1ccc2c(c1)Cc1ccccc1-2. The van der Waals surface area contributed by atoms with Crippen LogP contribution in [0.3, 0.4) is 0 Å². The quantitative estimate of drug-likeness (QED) is 0.441. The first-order valence-electron chi connectivity index (χ1n) is 9.92. The Morgan fingerprint density at radius 1 is 1.00 bits per heavy atom. The highest BCUT2D eigenvalue weighted by Gasteiger charge is 2.17. The summed E-state index contributed by atoms with van der Waals surface area (Å²) in [6.45, 7) is 2.61. The highest BCUT2D eigenvalue weighted by Crippen LogP contribution is 2.37. The molecular formula is C26H24O3. The van der Waals surface area contributed by atoms with Gasteiger partial charge >= 0.3 is 5.97 Å². The number of fused-ring (bicyclic) bond motifs is 3. The molecule has 0 radical (unpaired) electrons. The van der Waals surface area contributed by atoms with Crippen molar-refractivity contribution >= 4 is 11.5 Å². The Bertz CT molecular complexity index is 1060. The van der Waals surface area contributed by atoms with Crippen LogP contribution in [0.25, 0.3) is 16.7 Å². The van der Waals surface area contributed by atoms with E-state index in [1.807, 2.05) is 24.3 Å². The average molecular weight is 384 g/mol. The number of rotatable bonds is 7. The number of aryl methyl sites for hydroxylation is 1. The summed E-state index contributed by atoms with van der Waals surface area (Å²) < 4.78 is 5.83. The second-order valence-electron chi connectivity index (χ2n) is 7.44. The van der Waals surface area contributed by atoms with Gasteiger partial charge in [-0.15, -0.1) is 0 Å². The minimum Gasteiger partial charge on any atom is -0.490 e. The van der Waals surface area contributed by atoms with Crippen LogP contribution in [0.2, 0.25) is 0 Å². The number of hydrogen-bond acceptors (Lipinski definition) is 2. The van der Waals surface area contributed by atoms with Crippen LogP contribution in [-0.4, -0.2) is 17.7 Å². The van der Waals surface area contributed by atoms with E-state index < -0.39 is 5.97 Å². The number of allylic oxidation sites excluding steroid dienone is 1. The zero-order valence-electron chi connectivity index (χ0n) is 16.5. The minimum atomic E-state index is -0.777. The number of carbonyl (C=O) groups is 1. The summed E-state index contributed by atoms with van der Waals surface area (Å²) in [6.07, 6.45) is 3.78. The molecule has 3 aromatic carbocycles. The van der Waals surface area contributed by atoms with Gasteiger partial charge in [0, 0.05) is 6.42 Å². The summed E-state index contributed by atoms with van der Waals surface area (Å²) in [5.41, 5.74) is 8.91. The van der Waals surface area contributed by atoms with Crippen molar-refractivity contribution in [2.45, 2.75) is 26.2 Å². The lowest BCUT2D eigenvalue weighted by Gasteiger charge is -2.08. The number of ether oxygens (including phenoxy) is 1. The van der Waals surface area contributed by atoms with Crippen LogP contribution in [-0.2, 0) is 17.6 Å². The lowest BCUT2D eigenvalue weighted by Crippen LogP contribution is -1.98. The Kier molecular flexibility index (Phi) is 5.48. The molecule has 3 nitrogen and oxygen atoms in total. The van der Waals surface area contributed by atoms with Gasteiger partial charge in [-0.1, -0.05) is 54.6 Å². The summed E-state index contributed by atoms with van der Waals surface area (Å²) in [4.78, 5) is 10.7. The third kappa shape index (κ3) is 4.40. The number of aliphatic carboxylic acids is 1. The molecule has 0 fully saturated rings. The van der Waals surface area contributed by atoms with Gasteiger partial charge in [-0.05, 0) is 76.9 Å². The first kappa shape index (κ1) is 19.0. The number of hydrogen-bond donors (Lipinski definition) is 1. The topological polar surface area (TPSA) is 46.5 Å². The van der Waals surface area contributed by atoms with E-state index in [0.717, 1.165) is 17.7 Å². The number of benzene rings is 3. The molecule has 1 aliphatic rings. The maximum atomic E-state index is 10.7. The van der Waals surface area contributed by atoms with Crippen LogP contribution >= 0.6 is 0 Å². The largest absolute Gasteiger partial charge is 0.490 e. The second-order valence-corrected chi connectivity index (χ2v) is 7.44. The Hall–Kier alpha value is -3.33. The lowest BCUT2D eigenvalue weighted by molar-refractivity contribution is -0.136. The molecule has 0 bridgehead atoms. The van der Waals surface area contributed by atoms with Crippen LogP contribution in [0.4, 0.5) is 0 Å². The molecule has 0 unspecified atom stereocenters. The Balaban J connectivity index is 1.37. The van der Waals surface area contributed by atoms with Gasteiger partial charge in [-0.25, -0.2) is 0 Å². The standard InChI is InChI=1S/C26H24O3/c1-18(14-15-29-23-10-6-19(7-11-23)8-13-26(27)28)20-9-12-25-22(16-20)17-21-4-2-3-5-24(21)25/h2-7,9-12,14,16H,8,13,15,17H2,1H3,(H,27,28)/b18-14+. The first-order chi connectivity index (χ1) is 14.1. The van der Waals surface area contributed by atoms with Crippen LogP contribution in [0, 0.1) is 0 Å². The summed E-state index contributed by atoms with van der Waals surface area (Å²) in [6, 6.07) is 22.9. The third-order valence-electron chi connectivity index (χ3n) is 5.44. The van der Waals surface area contributed by atoms with Gasteiger partial charge in [0.2, 0.25) is 0 Å². The van der Waals surface area contributed by atoms with Crippen molar-refractivity contribution in [3.8, 4) is 16.9 Å². The molecule has 0 aliphatic heterocycles. The molecular weight excluding hydrogens is 360 g/mol. The van der Waals surface area contributed by atoms with Gasteiger partial charge in [0.15, 0.2) is 0 Å². The first-order valence-corrected chi connectivity index (χ1v) is 9.92. The zero-order chi connectivity index (χ0) is 20.2. The molecule has 1 N–H and O–H groups in total. The van der Waals surface area contributed by atoms with Gasteiger partial charge in [-0.2, -0.15) is 0 Å². The van der Waals surface area contributed by atoms with E-state index in [2.05, 4.69) is 55.5 Å². The van der Waals surface area contributed by atoms with Crippen molar-refractivity contribution in [2.75, 3.05) is 6.61 Å². The van der Waals surface area contributed by atoms with Crippen molar-refractivity contribution in [3.63, 3.8) is 0 Å². The molecule has 1 aliphatic carbocycles. The summed E-state index contributed by atoms with van der Waals surface area (Å²) >= 11 is 0. The highest BCUT2D eigenvalue weighted by atomic mass is 16.5. The van der Waals surface area contributed by atoms with E-state index in [0.29, 0.717) is 13.0 Å². The van der Waals surface area contributed by atoms with Crippen LogP contribution in [0.15, 0.2) is 72.8 Å². The molecule has 3 aromatic rings. The van der Waals surface area contributed by atoms with E-state index >= 15 is 0 Å². The predicted molar refractivity (Wildman–Crippen MR) is 116 cm³/mol. The van der Waals surface area contributed by atoms with Gasteiger partial charge in [-0.3, -0.25) is 4.79 Å². The van der Waals surface area contributed by atoms with Crippen molar-refractivity contribution < 1.29 is 14.6 Å². The molecule has 0 atom stereocenters. The maximum Gasteiger partial charge on any atom is 0.303 e. The van der Waals surface area contributed by atoms with Crippen molar-refractivity contribution in [3.05, 3.63) is 95.1 Å². The third-order valence-corrected chi connectivity index (χ3v) is 5.44. The van der Waals surface area contributed by atoms with Crippen molar-refractivity contribution in [2.24, 2.45) is 0 Å². The molecule has 0 aromatic heterocycles. The molecule has 29 heavy (non-hydrogen) atoms. The normalized spacial score (nSPS) is 12.4. The fourth-order valence-corrected chi connectivity index (χ4v) is 3.77. The molecule has 146 valence electrons. The second kappa shape index (κ2) is 8.36. The fourth-order valence-electron chi connectivity index (χ4n) is 3.77. The van der Waals surface area contributed by atoms with Gasteiger partial charge in [0.1, 0.15) is 12.4 Å². The van der Waals surface area contributed by atoms with E-state index in [1.165, 1.54) is 33.4 Å². The van der Waals surface area contributed by atoms with Gasteiger partial charge in [0.25, 0.3) is 0 Å². The Labute approximate surface area is 171 Å². The molecule has 0 heterocycles. The summed E-state index contributed by atoms with van der Waals surface area (Å²) in [5, 5.41) is 8.76. The van der Waals surface area contributed by atoms with Gasteiger partial charge in [0.05, 0.1) is 0 Å². The maximum absolute atomic E-state index is 10.7. The van der Waals surface area contributed by atoms with E-state index in [-0.39, 0.29) is 6.42 Å². The van der Waals surface area contributed by atoms with E-state index in [9.17, 15) is 4.79 Å². The molecule has 0 amide bonds. The van der Waals surface area contributed by atoms with Gasteiger partial charge < -0.3 is 9.84 Å². The Morgan fingerprint density at radius 2 is 1.76 bits per heavy atom. The monoisotopic (exact) mass is 384 g/mol. The minimum absolute atomic E-state index is 0.147. The van der Waals surface area contributed by atoms with E-state index in [1.54, 1.807) is 0 Å². The summed E-state index contributed by atoms with van der Waals surface area (Å²) in [5.74, 6) is 0.0129. The zero-order valence-corrected chi connectivity index (χ0v) is 16.5. The van der Waals surface area contributed by atoms with Crippen LogP contribution < -0.4 is 4.74 Å². The molecule has 4 rings (SSSR count). The van der Waals surface area contributed by atoms with Crippen molar-refractivity contribution in [1.29, 1.82) is 0 Å². The van der Waals surface area contributed by atoms with Crippen LogP contribution in [0.1, 0.15) is 35.6 Å².